The minimum Gasteiger partial charge on any atom is -0.444 e. The Morgan fingerprint density at radius 2 is 2.04 bits per heavy atom. The van der Waals surface area contributed by atoms with Gasteiger partial charge in [-0.1, -0.05) is 0 Å². The molecule has 2 fully saturated rings. The summed E-state index contributed by atoms with van der Waals surface area (Å²) in [5.41, 5.74) is 0. The second kappa shape index (κ2) is 9.02. The minimum absolute atomic E-state index is 0. The molecule has 1 aromatic heterocycles. The fourth-order valence-corrected chi connectivity index (χ4v) is 3.61. The van der Waals surface area contributed by atoms with E-state index in [1.807, 2.05) is 4.90 Å². The van der Waals surface area contributed by atoms with Crippen molar-refractivity contribution in [2.75, 3.05) is 52.9 Å². The molecule has 0 radical (unpaired) electrons. The molecule has 25 heavy (non-hydrogen) atoms. The zero-order chi connectivity index (χ0) is 17.1. The number of likely N-dealkylation sites (N-methyl/N-ethyl adjacent to an activating group) is 1. The van der Waals surface area contributed by atoms with E-state index < -0.39 is 0 Å². The summed E-state index contributed by atoms with van der Waals surface area (Å²) in [5, 5.41) is 3.35. The number of furan rings is 1. The lowest BCUT2D eigenvalue weighted by molar-refractivity contribution is -0.130. The van der Waals surface area contributed by atoms with Gasteiger partial charge in [-0.2, -0.15) is 0 Å². The van der Waals surface area contributed by atoms with Gasteiger partial charge >= 0.3 is 0 Å². The van der Waals surface area contributed by atoms with Crippen LogP contribution >= 0.6 is 28.3 Å². The molecule has 3 rings (SSSR count). The summed E-state index contributed by atoms with van der Waals surface area (Å²) in [6.45, 7) is 5.71. The predicted molar refractivity (Wildman–Crippen MR) is 100 cm³/mol. The molecule has 2 aliphatic heterocycles. The third kappa shape index (κ3) is 4.97. The van der Waals surface area contributed by atoms with Gasteiger partial charge in [0.2, 0.25) is 5.91 Å². The fourth-order valence-electron chi connectivity index (χ4n) is 3.31. The van der Waals surface area contributed by atoms with Crippen LogP contribution in [0.3, 0.4) is 0 Å². The van der Waals surface area contributed by atoms with Crippen molar-refractivity contribution in [2.45, 2.75) is 12.5 Å². The Morgan fingerprint density at radius 3 is 2.68 bits per heavy atom. The van der Waals surface area contributed by atoms with E-state index in [9.17, 15) is 9.59 Å². The molecule has 1 aromatic rings. The van der Waals surface area contributed by atoms with Crippen LogP contribution in [-0.4, -0.2) is 85.4 Å². The summed E-state index contributed by atoms with van der Waals surface area (Å²) >= 11 is 3.18. The molecule has 1 atom stereocenters. The Balaban J connectivity index is 0.00000225. The highest BCUT2D eigenvalue weighted by atomic mass is 79.9. The fraction of sp³-hybridized carbons (Fsp3) is 0.625. The van der Waals surface area contributed by atoms with Crippen LogP contribution in [0.1, 0.15) is 17.0 Å². The first kappa shape index (κ1) is 20.2. The van der Waals surface area contributed by atoms with E-state index in [4.69, 9.17) is 4.42 Å². The molecular formula is C16H24BrClN4O3. The van der Waals surface area contributed by atoms with Gasteiger partial charge in [-0.3, -0.25) is 14.5 Å². The zero-order valence-corrected chi connectivity index (χ0v) is 16.6. The number of amides is 2. The molecule has 0 spiro atoms. The first-order valence-corrected chi connectivity index (χ1v) is 9.07. The Kier molecular flexibility index (Phi) is 7.30. The maximum Gasteiger partial charge on any atom is 0.289 e. The number of carbonyl (C=O) groups is 2. The largest absolute Gasteiger partial charge is 0.444 e. The number of halogens is 2. The molecular weight excluding hydrogens is 412 g/mol. The van der Waals surface area contributed by atoms with Crippen LogP contribution in [0.25, 0.3) is 0 Å². The number of nitrogens with zero attached hydrogens (tertiary/aromatic N) is 3. The van der Waals surface area contributed by atoms with Gasteiger partial charge in [0.25, 0.3) is 5.91 Å². The van der Waals surface area contributed by atoms with Crippen molar-refractivity contribution in [2.24, 2.45) is 0 Å². The Labute approximate surface area is 162 Å². The third-order valence-corrected chi connectivity index (χ3v) is 5.11. The molecule has 2 amide bonds. The van der Waals surface area contributed by atoms with E-state index in [1.165, 1.54) is 4.90 Å². The van der Waals surface area contributed by atoms with Crippen molar-refractivity contribution < 1.29 is 14.0 Å². The van der Waals surface area contributed by atoms with E-state index in [2.05, 4.69) is 26.1 Å². The summed E-state index contributed by atoms with van der Waals surface area (Å²) < 4.78 is 5.76. The van der Waals surface area contributed by atoms with Crippen LogP contribution in [-0.2, 0) is 4.79 Å². The highest BCUT2D eigenvalue weighted by molar-refractivity contribution is 9.10. The van der Waals surface area contributed by atoms with E-state index >= 15 is 0 Å². The summed E-state index contributed by atoms with van der Waals surface area (Å²) in [4.78, 5) is 30.5. The number of carbonyl (C=O) groups excluding carboxylic acids is 2. The minimum atomic E-state index is -0.285. The van der Waals surface area contributed by atoms with Gasteiger partial charge in [0.05, 0.1) is 6.54 Å². The lowest BCUT2D eigenvalue weighted by Gasteiger charge is -2.32. The summed E-state index contributed by atoms with van der Waals surface area (Å²) in [6.07, 6.45) is 1.01. The maximum atomic E-state index is 12.5. The van der Waals surface area contributed by atoms with Crippen LogP contribution in [0.15, 0.2) is 21.2 Å². The van der Waals surface area contributed by atoms with Crippen molar-refractivity contribution in [1.29, 1.82) is 0 Å². The molecule has 1 unspecified atom stereocenters. The average molecular weight is 436 g/mol. The molecule has 0 saturated carbocycles. The topological polar surface area (TPSA) is 69.0 Å². The van der Waals surface area contributed by atoms with Gasteiger partial charge < -0.3 is 19.5 Å². The van der Waals surface area contributed by atoms with Crippen LogP contribution in [0.2, 0.25) is 0 Å². The van der Waals surface area contributed by atoms with Crippen LogP contribution < -0.4 is 5.32 Å². The smallest absolute Gasteiger partial charge is 0.289 e. The molecule has 3 heterocycles. The van der Waals surface area contributed by atoms with Crippen LogP contribution in [0, 0.1) is 0 Å². The third-order valence-electron chi connectivity index (χ3n) is 4.69. The van der Waals surface area contributed by atoms with E-state index in [-0.39, 0.29) is 36.5 Å². The number of rotatable bonds is 4. The SMILES string of the molecule is CN(CC(=O)N1CCC(N2CCNCC2)C1)C(=O)c1ccc(Br)o1.Cl. The van der Waals surface area contributed by atoms with E-state index in [0.29, 0.717) is 10.7 Å². The highest BCUT2D eigenvalue weighted by Gasteiger charge is 2.31. The molecule has 1 N–H and O–H groups in total. The summed E-state index contributed by atoms with van der Waals surface area (Å²) in [5.74, 6) is -0.0571. The van der Waals surface area contributed by atoms with Gasteiger partial charge in [0.15, 0.2) is 10.4 Å². The highest BCUT2D eigenvalue weighted by Crippen LogP contribution is 2.18. The summed E-state index contributed by atoms with van der Waals surface area (Å²) in [7, 11) is 1.63. The number of hydrogen-bond donors (Lipinski definition) is 1. The molecule has 0 aromatic carbocycles. The molecule has 7 nitrogen and oxygen atoms in total. The maximum absolute atomic E-state index is 12.5. The lowest BCUT2D eigenvalue weighted by Crippen LogP contribution is -2.49. The quantitative estimate of drug-likeness (QED) is 0.765. The number of piperazine rings is 1. The number of nitrogens with one attached hydrogen (secondary N) is 1. The molecule has 140 valence electrons. The van der Waals surface area contributed by atoms with Crippen LogP contribution in [0.4, 0.5) is 0 Å². The van der Waals surface area contributed by atoms with E-state index in [1.54, 1.807) is 19.2 Å². The van der Waals surface area contributed by atoms with Gasteiger partial charge in [-0.15, -0.1) is 12.4 Å². The van der Waals surface area contributed by atoms with Crippen LogP contribution in [0.5, 0.6) is 0 Å². The Morgan fingerprint density at radius 1 is 1.32 bits per heavy atom. The second-order valence-electron chi connectivity index (χ2n) is 6.33. The number of hydrogen-bond acceptors (Lipinski definition) is 5. The zero-order valence-electron chi connectivity index (χ0n) is 14.2. The monoisotopic (exact) mass is 434 g/mol. The molecule has 0 bridgehead atoms. The second-order valence-corrected chi connectivity index (χ2v) is 7.11. The van der Waals surface area contributed by atoms with Gasteiger partial charge in [-0.05, 0) is 34.5 Å². The first-order chi connectivity index (χ1) is 11.5. The Hall–Kier alpha value is -1.09. The van der Waals surface area contributed by atoms with Gasteiger partial charge in [-0.25, -0.2) is 0 Å². The Bertz CT molecular complexity index is 606. The molecule has 2 aliphatic rings. The predicted octanol–water partition coefficient (Wildman–Crippen LogP) is 1.04. The van der Waals surface area contributed by atoms with Crippen molar-refractivity contribution in [3.63, 3.8) is 0 Å². The van der Waals surface area contributed by atoms with Crippen molar-refractivity contribution in [3.05, 3.63) is 22.6 Å². The number of likely N-dealkylation sites (tertiary alicyclic amines) is 1. The lowest BCUT2D eigenvalue weighted by atomic mass is 10.2. The van der Waals surface area contributed by atoms with Crippen molar-refractivity contribution in [1.82, 2.24) is 20.0 Å². The molecule has 2 saturated heterocycles. The van der Waals surface area contributed by atoms with Crippen molar-refractivity contribution in [3.8, 4) is 0 Å². The molecule has 9 heteroatoms. The van der Waals surface area contributed by atoms with Gasteiger partial charge in [0.1, 0.15) is 0 Å². The summed E-state index contributed by atoms with van der Waals surface area (Å²) in [6, 6.07) is 3.71. The first-order valence-electron chi connectivity index (χ1n) is 8.28. The standard InChI is InChI=1S/C16H23BrN4O3.ClH/c1-19(16(23)13-2-3-14(17)24-13)11-15(22)21-7-4-12(10-21)20-8-5-18-6-9-20;/h2-3,12,18H,4-11H2,1H3;1H. The normalized spacial score (nSPS) is 21.0. The average Bonchev–Trinajstić information content (AvgIpc) is 3.24. The molecule has 0 aliphatic carbocycles. The van der Waals surface area contributed by atoms with Gasteiger partial charge in [0, 0.05) is 52.4 Å². The van der Waals surface area contributed by atoms with Crippen molar-refractivity contribution >= 4 is 40.2 Å². The van der Waals surface area contributed by atoms with E-state index in [0.717, 1.165) is 45.7 Å².